The maximum atomic E-state index is 12.3. The number of aromatic hydroxyl groups is 1. The van der Waals surface area contributed by atoms with Crippen molar-refractivity contribution in [2.75, 3.05) is 46.3 Å². The first kappa shape index (κ1) is 29.9. The molecular weight excluding hydrogens is 544 g/mol. The van der Waals surface area contributed by atoms with Gasteiger partial charge in [-0.25, -0.2) is 0 Å². The number of rotatable bonds is 12. The number of hydrogen-bond donors (Lipinski definition) is 1. The molecule has 6 rings (SSSR count). The summed E-state index contributed by atoms with van der Waals surface area (Å²) in [6.45, 7) is 8.41. The van der Waals surface area contributed by atoms with Crippen LogP contribution >= 0.6 is 0 Å². The maximum absolute atomic E-state index is 12.3. The molecule has 2 fully saturated rings. The van der Waals surface area contributed by atoms with Gasteiger partial charge in [0.1, 0.15) is 29.6 Å². The molecule has 2 aromatic carbocycles. The molecule has 1 aliphatic carbocycles. The molecule has 0 bridgehead atoms. The largest absolute Gasteiger partial charge is 0.507 e. The van der Waals surface area contributed by atoms with Crippen molar-refractivity contribution < 1.29 is 28.5 Å². The van der Waals surface area contributed by atoms with Crippen molar-refractivity contribution in [2.45, 2.75) is 65.0 Å². The monoisotopic (exact) mass is 588 g/mol. The quantitative estimate of drug-likeness (QED) is 0.137. The van der Waals surface area contributed by atoms with Crippen LogP contribution in [0.4, 0.5) is 0 Å². The molecule has 230 valence electrons. The number of furan rings is 1. The summed E-state index contributed by atoms with van der Waals surface area (Å²) in [6.07, 6.45) is 11.3. The fourth-order valence-corrected chi connectivity index (χ4v) is 6.81. The second kappa shape index (κ2) is 14.1. The summed E-state index contributed by atoms with van der Waals surface area (Å²) in [5, 5.41) is 14.7. The Labute approximate surface area is 253 Å². The van der Waals surface area contributed by atoms with E-state index in [0.717, 1.165) is 75.4 Å². The fourth-order valence-electron chi connectivity index (χ4n) is 6.81. The minimum atomic E-state index is -0.239. The molecule has 0 spiro atoms. The van der Waals surface area contributed by atoms with Gasteiger partial charge in [-0.15, -0.1) is 0 Å². The second-order valence-corrected chi connectivity index (χ2v) is 11.7. The molecule has 0 amide bonds. The number of nitrogens with zero attached hydrogens (tertiary/aromatic N) is 2. The van der Waals surface area contributed by atoms with Gasteiger partial charge in [0.05, 0.1) is 32.5 Å². The summed E-state index contributed by atoms with van der Waals surface area (Å²) in [4.78, 5) is 6.65. The highest BCUT2D eigenvalue weighted by Gasteiger charge is 2.33. The molecular formula is C35H44N2O6. The van der Waals surface area contributed by atoms with E-state index in [1.165, 1.54) is 32.1 Å². The molecule has 1 unspecified atom stereocenters. The summed E-state index contributed by atoms with van der Waals surface area (Å²) in [5.41, 5.74) is 3.52. The normalized spacial score (nSPS) is 17.5. The number of phenolic OH excluding ortho intramolecular Hbond substituents is 1. The number of aryl methyl sites for hydroxylation is 1. The maximum Gasteiger partial charge on any atom is 0.147 e. The topological polar surface area (TPSA) is 86.4 Å². The van der Waals surface area contributed by atoms with E-state index >= 15 is 0 Å². The zero-order valence-electron chi connectivity index (χ0n) is 25.5. The van der Waals surface area contributed by atoms with Crippen LogP contribution in [-0.2, 0) is 20.8 Å². The van der Waals surface area contributed by atoms with Crippen molar-refractivity contribution in [1.82, 2.24) is 9.88 Å². The Morgan fingerprint density at radius 1 is 1.02 bits per heavy atom. The van der Waals surface area contributed by atoms with E-state index in [0.29, 0.717) is 33.0 Å². The smallest absolute Gasteiger partial charge is 0.147 e. The van der Waals surface area contributed by atoms with E-state index in [-0.39, 0.29) is 18.6 Å². The van der Waals surface area contributed by atoms with Crippen LogP contribution in [0, 0.1) is 12.8 Å². The first-order valence-corrected chi connectivity index (χ1v) is 15.9. The molecule has 1 N–H and O–H groups in total. The van der Waals surface area contributed by atoms with E-state index in [9.17, 15) is 5.11 Å². The highest BCUT2D eigenvalue weighted by molar-refractivity contribution is 6.11. The van der Waals surface area contributed by atoms with Crippen LogP contribution in [0.1, 0.15) is 73.9 Å². The van der Waals surface area contributed by atoms with E-state index in [2.05, 4.69) is 9.88 Å². The van der Waals surface area contributed by atoms with Crippen molar-refractivity contribution in [3.8, 4) is 11.5 Å². The number of morpholine rings is 1. The SMILES string of the molecule is CCOCOCc1c(C)oc2c1c(C(c1ccncc1)N1CCOCC1)c(O)c1cc(OCCC3CCCCC3)ccc12. The molecule has 8 heteroatoms. The Morgan fingerprint density at radius 3 is 2.58 bits per heavy atom. The Morgan fingerprint density at radius 2 is 1.81 bits per heavy atom. The number of pyridine rings is 1. The minimum Gasteiger partial charge on any atom is -0.507 e. The van der Waals surface area contributed by atoms with Gasteiger partial charge in [0.25, 0.3) is 0 Å². The lowest BCUT2D eigenvalue weighted by atomic mass is 9.87. The third kappa shape index (κ3) is 6.53. The van der Waals surface area contributed by atoms with Crippen LogP contribution in [0.2, 0.25) is 0 Å². The number of aromatic nitrogens is 1. The summed E-state index contributed by atoms with van der Waals surface area (Å²) in [7, 11) is 0. The summed E-state index contributed by atoms with van der Waals surface area (Å²) >= 11 is 0. The minimum absolute atomic E-state index is 0.191. The molecule has 1 saturated carbocycles. The third-order valence-corrected chi connectivity index (χ3v) is 9.07. The van der Waals surface area contributed by atoms with Crippen LogP contribution in [0.5, 0.6) is 11.5 Å². The summed E-state index contributed by atoms with van der Waals surface area (Å²) in [5.74, 6) is 2.51. The molecule has 1 atom stereocenters. The van der Waals surface area contributed by atoms with E-state index < -0.39 is 0 Å². The van der Waals surface area contributed by atoms with E-state index in [1.54, 1.807) is 0 Å². The lowest BCUT2D eigenvalue weighted by Crippen LogP contribution is -2.39. The second-order valence-electron chi connectivity index (χ2n) is 11.7. The molecule has 3 heterocycles. The Hall–Kier alpha value is -3.17. The Kier molecular flexibility index (Phi) is 9.78. The number of fused-ring (bicyclic) bond motifs is 3. The van der Waals surface area contributed by atoms with Crippen LogP contribution < -0.4 is 4.74 Å². The third-order valence-electron chi connectivity index (χ3n) is 9.07. The van der Waals surface area contributed by atoms with Crippen LogP contribution in [0.3, 0.4) is 0 Å². The van der Waals surface area contributed by atoms with Gasteiger partial charge in [0.2, 0.25) is 0 Å². The van der Waals surface area contributed by atoms with Gasteiger partial charge in [-0.3, -0.25) is 9.88 Å². The van der Waals surface area contributed by atoms with Gasteiger partial charge < -0.3 is 28.5 Å². The van der Waals surface area contributed by atoms with E-state index in [4.69, 9.17) is 23.4 Å². The van der Waals surface area contributed by atoms with Crippen molar-refractivity contribution in [3.63, 3.8) is 0 Å². The van der Waals surface area contributed by atoms with Crippen molar-refractivity contribution in [2.24, 2.45) is 5.92 Å². The van der Waals surface area contributed by atoms with Crippen LogP contribution in [-0.4, -0.2) is 61.3 Å². The molecule has 1 saturated heterocycles. The number of ether oxygens (including phenoxy) is 4. The molecule has 1 aliphatic heterocycles. The first-order valence-electron chi connectivity index (χ1n) is 15.9. The van der Waals surface area contributed by atoms with Gasteiger partial charge in [-0.2, -0.15) is 0 Å². The van der Waals surface area contributed by atoms with Gasteiger partial charge in [-0.1, -0.05) is 32.1 Å². The van der Waals surface area contributed by atoms with Crippen molar-refractivity contribution >= 4 is 21.7 Å². The zero-order chi connectivity index (χ0) is 29.6. The number of benzene rings is 2. The average Bonchev–Trinajstić information content (AvgIpc) is 3.38. The lowest BCUT2D eigenvalue weighted by Gasteiger charge is -2.36. The van der Waals surface area contributed by atoms with Gasteiger partial charge in [0, 0.05) is 59.4 Å². The van der Waals surface area contributed by atoms with Crippen molar-refractivity contribution in [1.29, 1.82) is 0 Å². The Balaban J connectivity index is 1.47. The first-order chi connectivity index (χ1) is 21.2. The molecule has 8 nitrogen and oxygen atoms in total. The highest BCUT2D eigenvalue weighted by atomic mass is 16.7. The predicted molar refractivity (Wildman–Crippen MR) is 167 cm³/mol. The summed E-state index contributed by atoms with van der Waals surface area (Å²) < 4.78 is 29.9. The number of hydrogen-bond acceptors (Lipinski definition) is 8. The molecule has 0 radical (unpaired) electrons. The lowest BCUT2D eigenvalue weighted by molar-refractivity contribution is -0.0571. The van der Waals surface area contributed by atoms with Crippen LogP contribution in [0.15, 0.2) is 47.1 Å². The van der Waals surface area contributed by atoms with E-state index in [1.807, 2.05) is 56.6 Å². The fraction of sp³-hybridized carbons (Fsp3) is 0.514. The Bertz CT molecular complexity index is 1490. The highest BCUT2D eigenvalue weighted by Crippen LogP contribution is 2.48. The predicted octanol–water partition coefficient (Wildman–Crippen LogP) is 7.28. The van der Waals surface area contributed by atoms with Crippen LogP contribution in [0.25, 0.3) is 21.7 Å². The average molecular weight is 589 g/mol. The summed E-state index contributed by atoms with van der Waals surface area (Å²) in [6, 6.07) is 9.80. The molecule has 4 aromatic rings. The molecule has 2 aliphatic rings. The van der Waals surface area contributed by atoms with Gasteiger partial charge in [-0.05, 0) is 62.1 Å². The molecule has 2 aromatic heterocycles. The zero-order valence-corrected chi connectivity index (χ0v) is 25.5. The van der Waals surface area contributed by atoms with Gasteiger partial charge >= 0.3 is 0 Å². The standard InChI is InChI=1S/C35H44N2O6/c1-3-39-23-41-22-30-24(2)43-35-28-10-9-27(42-18-13-25-7-5-4-6-8-25)21-29(28)34(38)32(31(30)35)33(26-11-14-36-15-12-26)37-16-19-40-20-17-37/h9-12,14-15,21,25,33,38H,3-8,13,16-20,22-23H2,1-2H3. The van der Waals surface area contributed by atoms with Gasteiger partial charge in [0.15, 0.2) is 0 Å². The number of phenols is 1. The van der Waals surface area contributed by atoms with Crippen molar-refractivity contribution in [3.05, 3.63) is 65.2 Å². The molecule has 43 heavy (non-hydrogen) atoms.